The van der Waals surface area contributed by atoms with E-state index in [1.54, 1.807) is 0 Å². The van der Waals surface area contributed by atoms with Gasteiger partial charge in [-0.05, 0) is 19.8 Å². The van der Waals surface area contributed by atoms with Gasteiger partial charge in [0.1, 0.15) is 0 Å². The van der Waals surface area contributed by atoms with E-state index in [0.717, 1.165) is 19.5 Å². The fourth-order valence-electron chi connectivity index (χ4n) is 2.41. The molecular formula is C12H26N2O2S. The van der Waals surface area contributed by atoms with Crippen molar-refractivity contribution in [1.29, 1.82) is 0 Å². The van der Waals surface area contributed by atoms with Crippen molar-refractivity contribution in [3.8, 4) is 0 Å². The molecule has 1 N–H and O–H groups in total. The molecule has 0 amide bonds. The average Bonchev–Trinajstić information content (AvgIpc) is 2.18. The quantitative estimate of drug-likeness (QED) is 0.758. The zero-order valence-electron chi connectivity index (χ0n) is 11.5. The molecule has 1 unspecified atom stereocenters. The lowest BCUT2D eigenvalue weighted by atomic mass is 9.86. The molecule has 0 bridgehead atoms. The fraction of sp³-hybridized carbons (Fsp3) is 1.00. The summed E-state index contributed by atoms with van der Waals surface area (Å²) in [6.07, 6.45) is 6.01. The van der Waals surface area contributed by atoms with Crippen LogP contribution in [0.15, 0.2) is 0 Å². The predicted octanol–water partition coefficient (Wildman–Crippen LogP) is 1.58. The van der Waals surface area contributed by atoms with Gasteiger partial charge in [-0.25, -0.2) is 13.1 Å². The van der Waals surface area contributed by atoms with Crippen molar-refractivity contribution in [2.75, 3.05) is 19.3 Å². The molecule has 17 heavy (non-hydrogen) atoms. The van der Waals surface area contributed by atoms with E-state index >= 15 is 0 Å². The van der Waals surface area contributed by atoms with E-state index in [-0.39, 0.29) is 11.6 Å². The molecule has 1 aliphatic rings. The molecule has 1 rings (SSSR count). The largest absolute Gasteiger partial charge is 0.295 e. The van der Waals surface area contributed by atoms with Crippen LogP contribution in [0.25, 0.3) is 0 Å². The van der Waals surface area contributed by atoms with Gasteiger partial charge in [0.15, 0.2) is 0 Å². The van der Waals surface area contributed by atoms with Gasteiger partial charge in [0.25, 0.3) is 0 Å². The molecule has 0 aromatic rings. The minimum absolute atomic E-state index is 0.109. The van der Waals surface area contributed by atoms with Gasteiger partial charge in [0, 0.05) is 24.7 Å². The monoisotopic (exact) mass is 262 g/mol. The molecule has 0 radical (unpaired) electrons. The van der Waals surface area contributed by atoms with Crippen LogP contribution in [0.5, 0.6) is 0 Å². The summed E-state index contributed by atoms with van der Waals surface area (Å²) in [5, 5.41) is 0. The molecule has 1 fully saturated rings. The molecule has 4 nitrogen and oxygen atoms in total. The second kappa shape index (κ2) is 5.67. The summed E-state index contributed by atoms with van der Waals surface area (Å²) in [4.78, 5) is 2.41. The molecule has 5 heteroatoms. The molecule has 1 atom stereocenters. The number of rotatable bonds is 7. The van der Waals surface area contributed by atoms with Crippen molar-refractivity contribution in [3.63, 3.8) is 0 Å². The Hall–Kier alpha value is -0.130. The number of nitrogens with zero attached hydrogens (tertiary/aromatic N) is 1. The van der Waals surface area contributed by atoms with Crippen LogP contribution in [-0.4, -0.2) is 44.2 Å². The minimum atomic E-state index is -3.05. The van der Waals surface area contributed by atoms with Crippen LogP contribution in [-0.2, 0) is 10.0 Å². The zero-order chi connectivity index (χ0) is 13.1. The topological polar surface area (TPSA) is 49.4 Å². The first kappa shape index (κ1) is 14.9. The number of hydrogen-bond acceptors (Lipinski definition) is 3. The highest BCUT2D eigenvalue weighted by Crippen LogP contribution is 2.30. The maximum absolute atomic E-state index is 11.1. The first-order valence-corrected chi connectivity index (χ1v) is 8.42. The number of sulfonamides is 1. The third-order valence-electron chi connectivity index (χ3n) is 3.86. The molecule has 0 saturated carbocycles. The van der Waals surface area contributed by atoms with Gasteiger partial charge in [0.05, 0.1) is 6.26 Å². The standard InChI is InChI=1S/C12H26N2O2S/c1-5-7-8-12(3,6-2)14-9-11(10-14)13-17(4,15)16/h11,13H,5-10H2,1-4H3. The summed E-state index contributed by atoms with van der Waals surface area (Å²) in [5.41, 5.74) is 0.242. The van der Waals surface area contributed by atoms with Crippen LogP contribution >= 0.6 is 0 Å². The maximum atomic E-state index is 11.1. The summed E-state index contributed by atoms with van der Waals surface area (Å²) in [6, 6.07) is 0.109. The highest BCUT2D eigenvalue weighted by Gasteiger charge is 2.39. The van der Waals surface area contributed by atoms with Gasteiger partial charge >= 0.3 is 0 Å². The number of likely N-dealkylation sites (tertiary alicyclic amines) is 1. The second-order valence-corrected chi connectivity index (χ2v) is 7.23. The van der Waals surface area contributed by atoms with E-state index in [9.17, 15) is 8.42 Å². The summed E-state index contributed by atoms with van der Waals surface area (Å²) in [5.74, 6) is 0. The van der Waals surface area contributed by atoms with Crippen molar-refractivity contribution < 1.29 is 8.42 Å². The lowest BCUT2D eigenvalue weighted by molar-refractivity contribution is 0.0103. The van der Waals surface area contributed by atoms with E-state index in [1.807, 2.05) is 0 Å². The lowest BCUT2D eigenvalue weighted by Gasteiger charge is -2.50. The third kappa shape index (κ3) is 4.23. The lowest BCUT2D eigenvalue weighted by Crippen LogP contribution is -2.65. The summed E-state index contributed by atoms with van der Waals surface area (Å²) >= 11 is 0. The van der Waals surface area contributed by atoms with E-state index in [0.29, 0.717) is 0 Å². The Morgan fingerprint density at radius 2 is 1.94 bits per heavy atom. The van der Waals surface area contributed by atoms with Crippen molar-refractivity contribution in [2.45, 2.75) is 58.0 Å². The Morgan fingerprint density at radius 3 is 2.35 bits per heavy atom. The third-order valence-corrected chi connectivity index (χ3v) is 4.62. The van der Waals surface area contributed by atoms with E-state index < -0.39 is 10.0 Å². The SMILES string of the molecule is CCCCC(C)(CC)N1CC(NS(C)(=O)=O)C1. The Morgan fingerprint density at radius 1 is 1.35 bits per heavy atom. The van der Waals surface area contributed by atoms with E-state index in [4.69, 9.17) is 0 Å². The number of hydrogen-bond donors (Lipinski definition) is 1. The van der Waals surface area contributed by atoms with Crippen molar-refractivity contribution in [2.24, 2.45) is 0 Å². The highest BCUT2D eigenvalue weighted by atomic mass is 32.2. The first-order valence-electron chi connectivity index (χ1n) is 6.53. The molecule has 0 aromatic carbocycles. The van der Waals surface area contributed by atoms with Gasteiger partial charge in [0.2, 0.25) is 10.0 Å². The van der Waals surface area contributed by atoms with Gasteiger partial charge in [-0.2, -0.15) is 0 Å². The van der Waals surface area contributed by atoms with Crippen molar-refractivity contribution in [3.05, 3.63) is 0 Å². The van der Waals surface area contributed by atoms with Crippen LogP contribution in [0.1, 0.15) is 46.5 Å². The molecule has 1 aliphatic heterocycles. The number of nitrogens with one attached hydrogen (secondary N) is 1. The van der Waals surface area contributed by atoms with Crippen LogP contribution < -0.4 is 4.72 Å². The van der Waals surface area contributed by atoms with Gasteiger partial charge < -0.3 is 0 Å². The average molecular weight is 262 g/mol. The molecule has 102 valence electrons. The van der Waals surface area contributed by atoms with Crippen molar-refractivity contribution in [1.82, 2.24) is 9.62 Å². The summed E-state index contributed by atoms with van der Waals surface area (Å²) in [6.45, 7) is 8.41. The first-order chi connectivity index (χ1) is 7.80. The molecule has 0 aromatic heterocycles. The zero-order valence-corrected chi connectivity index (χ0v) is 12.3. The fourth-order valence-corrected chi connectivity index (χ4v) is 3.17. The summed E-state index contributed by atoms with van der Waals surface area (Å²) in [7, 11) is -3.05. The van der Waals surface area contributed by atoms with Gasteiger partial charge in [-0.3, -0.25) is 4.90 Å². The summed E-state index contributed by atoms with van der Waals surface area (Å²) < 4.78 is 24.9. The molecule has 0 spiro atoms. The Bertz CT molecular complexity index is 336. The molecule has 1 heterocycles. The Balaban J connectivity index is 2.43. The minimum Gasteiger partial charge on any atom is -0.295 e. The van der Waals surface area contributed by atoms with Crippen LogP contribution in [0.4, 0.5) is 0 Å². The second-order valence-electron chi connectivity index (χ2n) is 5.45. The van der Waals surface area contributed by atoms with Crippen LogP contribution in [0.3, 0.4) is 0 Å². The maximum Gasteiger partial charge on any atom is 0.209 e. The van der Waals surface area contributed by atoms with Gasteiger partial charge in [-0.1, -0.05) is 26.7 Å². The molecule has 0 aliphatic carbocycles. The highest BCUT2D eigenvalue weighted by molar-refractivity contribution is 7.88. The van der Waals surface area contributed by atoms with Crippen LogP contribution in [0.2, 0.25) is 0 Å². The van der Waals surface area contributed by atoms with Crippen molar-refractivity contribution >= 4 is 10.0 Å². The Labute approximate surface area is 106 Å². The van der Waals surface area contributed by atoms with E-state index in [1.165, 1.54) is 25.5 Å². The molecular weight excluding hydrogens is 236 g/mol. The smallest absolute Gasteiger partial charge is 0.209 e. The van der Waals surface area contributed by atoms with E-state index in [2.05, 4.69) is 30.4 Å². The van der Waals surface area contributed by atoms with Gasteiger partial charge in [-0.15, -0.1) is 0 Å². The Kier molecular flexibility index (Phi) is 4.98. The predicted molar refractivity (Wildman–Crippen MR) is 71.6 cm³/mol. The number of unbranched alkanes of at least 4 members (excludes halogenated alkanes) is 1. The normalized spacial score (nSPS) is 22.1. The molecule has 1 saturated heterocycles. The van der Waals surface area contributed by atoms with Crippen LogP contribution in [0, 0.1) is 0 Å².